The molecule has 0 saturated heterocycles. The highest BCUT2D eigenvalue weighted by molar-refractivity contribution is 6.32. The number of anilines is 1. The molecule has 0 aliphatic heterocycles. The standard InChI is InChI=1S/C14H14N2O2.C6H4ClNO2/c17-16(18)14-9-5-4-8-13(14)15-11-10-12-6-2-1-3-7-12;7-5-3-1-2-4-6(5)8(9)10/h1-9,15H,10-11H2;1-4H. The third-order valence-corrected chi connectivity index (χ3v) is 4.04. The fourth-order valence-corrected chi connectivity index (χ4v) is 2.57. The Morgan fingerprint density at radius 1 is 0.750 bits per heavy atom. The molecule has 0 radical (unpaired) electrons. The average Bonchev–Trinajstić information content (AvgIpc) is 2.70. The highest BCUT2D eigenvalue weighted by Gasteiger charge is 2.11. The summed E-state index contributed by atoms with van der Waals surface area (Å²) in [6.45, 7) is 0.675. The van der Waals surface area contributed by atoms with Crippen molar-refractivity contribution in [2.24, 2.45) is 0 Å². The Bertz CT molecular complexity index is 935. The molecule has 0 aromatic heterocycles. The molecule has 1 N–H and O–H groups in total. The number of rotatable bonds is 6. The van der Waals surface area contributed by atoms with Crippen LogP contribution in [0.3, 0.4) is 0 Å². The minimum atomic E-state index is -0.512. The molecule has 8 heteroatoms. The number of benzene rings is 3. The van der Waals surface area contributed by atoms with Gasteiger partial charge in [-0.3, -0.25) is 20.2 Å². The van der Waals surface area contributed by atoms with Crippen molar-refractivity contribution in [3.8, 4) is 0 Å². The van der Waals surface area contributed by atoms with Gasteiger partial charge in [0.1, 0.15) is 10.7 Å². The fraction of sp³-hybridized carbons (Fsp3) is 0.100. The normalized spacial score (nSPS) is 9.75. The summed E-state index contributed by atoms with van der Waals surface area (Å²) in [6.07, 6.45) is 0.840. The zero-order valence-electron chi connectivity index (χ0n) is 14.8. The van der Waals surface area contributed by atoms with Crippen LogP contribution < -0.4 is 5.32 Å². The number of nitro benzene ring substituents is 2. The Kier molecular flexibility index (Phi) is 7.92. The molecule has 0 heterocycles. The van der Waals surface area contributed by atoms with Gasteiger partial charge in [0.15, 0.2) is 0 Å². The lowest BCUT2D eigenvalue weighted by Gasteiger charge is -2.06. The van der Waals surface area contributed by atoms with Gasteiger partial charge in [-0.15, -0.1) is 0 Å². The Balaban J connectivity index is 0.000000237. The number of hydrogen-bond donors (Lipinski definition) is 1. The SMILES string of the molecule is O=[N+]([O-])c1ccccc1Cl.O=[N+]([O-])c1ccccc1NCCc1ccccc1. The molecule has 7 nitrogen and oxygen atoms in total. The molecule has 0 atom stereocenters. The van der Waals surface area contributed by atoms with Crippen LogP contribution in [0.4, 0.5) is 17.1 Å². The van der Waals surface area contributed by atoms with Crippen LogP contribution in [0.25, 0.3) is 0 Å². The lowest BCUT2D eigenvalue weighted by atomic mass is 10.1. The summed E-state index contributed by atoms with van der Waals surface area (Å²) in [5.74, 6) is 0. The van der Waals surface area contributed by atoms with Crippen molar-refractivity contribution in [1.82, 2.24) is 0 Å². The van der Waals surface area contributed by atoms with E-state index in [1.807, 2.05) is 30.3 Å². The Hall–Kier alpha value is -3.45. The lowest BCUT2D eigenvalue weighted by Crippen LogP contribution is -2.06. The van der Waals surface area contributed by atoms with Crippen molar-refractivity contribution in [3.05, 3.63) is 110 Å². The molecule has 0 spiro atoms. The van der Waals surface area contributed by atoms with E-state index < -0.39 is 4.92 Å². The summed E-state index contributed by atoms with van der Waals surface area (Å²) in [4.78, 5) is 20.1. The molecule has 0 bridgehead atoms. The minimum Gasteiger partial charge on any atom is -0.379 e. The van der Waals surface area contributed by atoms with Crippen molar-refractivity contribution >= 4 is 28.7 Å². The number of halogens is 1. The van der Waals surface area contributed by atoms with E-state index in [4.69, 9.17) is 11.6 Å². The summed E-state index contributed by atoms with van der Waals surface area (Å²) < 4.78 is 0. The Morgan fingerprint density at radius 2 is 1.29 bits per heavy atom. The van der Waals surface area contributed by atoms with E-state index in [1.165, 1.54) is 23.8 Å². The van der Waals surface area contributed by atoms with Crippen LogP contribution in [0.2, 0.25) is 5.02 Å². The first-order chi connectivity index (χ1) is 13.5. The third kappa shape index (κ3) is 6.37. The molecule has 0 fully saturated rings. The quantitative estimate of drug-likeness (QED) is 0.436. The second kappa shape index (κ2) is 10.6. The van der Waals surface area contributed by atoms with Crippen molar-refractivity contribution in [1.29, 1.82) is 0 Å². The Labute approximate surface area is 166 Å². The maximum absolute atomic E-state index is 10.8. The molecule has 144 valence electrons. The van der Waals surface area contributed by atoms with E-state index in [-0.39, 0.29) is 21.3 Å². The molecule has 3 aromatic carbocycles. The largest absolute Gasteiger partial charge is 0.379 e. The monoisotopic (exact) mass is 399 g/mol. The van der Waals surface area contributed by atoms with Crippen LogP contribution >= 0.6 is 11.6 Å². The van der Waals surface area contributed by atoms with E-state index >= 15 is 0 Å². The van der Waals surface area contributed by atoms with Crippen LogP contribution in [-0.2, 0) is 6.42 Å². The molecule has 3 rings (SSSR count). The molecule has 0 aliphatic carbocycles. The first-order valence-corrected chi connectivity index (χ1v) is 8.77. The van der Waals surface area contributed by atoms with Crippen molar-refractivity contribution in [2.45, 2.75) is 6.42 Å². The topological polar surface area (TPSA) is 98.3 Å². The summed E-state index contributed by atoms with van der Waals surface area (Å²) in [6, 6.07) is 22.8. The van der Waals surface area contributed by atoms with Crippen LogP contribution in [0.1, 0.15) is 5.56 Å². The smallest absolute Gasteiger partial charge is 0.292 e. The predicted molar refractivity (Wildman–Crippen MR) is 110 cm³/mol. The van der Waals surface area contributed by atoms with Crippen LogP contribution in [0.15, 0.2) is 78.9 Å². The highest BCUT2D eigenvalue weighted by Crippen LogP contribution is 2.23. The van der Waals surface area contributed by atoms with Gasteiger partial charge in [-0.2, -0.15) is 0 Å². The number of nitrogens with one attached hydrogen (secondary N) is 1. The van der Waals surface area contributed by atoms with E-state index in [0.717, 1.165) is 6.42 Å². The first kappa shape index (κ1) is 20.9. The molecular formula is C20H18ClN3O4. The number of para-hydroxylation sites is 3. The average molecular weight is 400 g/mol. The van der Waals surface area contributed by atoms with Gasteiger partial charge in [0.05, 0.1) is 9.85 Å². The predicted octanol–water partition coefficient (Wildman–Crippen LogP) is 5.50. The minimum absolute atomic E-state index is 0.0517. The van der Waals surface area contributed by atoms with E-state index in [1.54, 1.807) is 30.3 Å². The zero-order valence-corrected chi connectivity index (χ0v) is 15.6. The zero-order chi connectivity index (χ0) is 20.4. The molecular weight excluding hydrogens is 382 g/mol. The van der Waals surface area contributed by atoms with Gasteiger partial charge in [-0.05, 0) is 24.1 Å². The number of nitrogens with zero attached hydrogens (tertiary/aromatic N) is 2. The van der Waals surface area contributed by atoms with Crippen LogP contribution in [0.5, 0.6) is 0 Å². The van der Waals surface area contributed by atoms with Gasteiger partial charge in [0, 0.05) is 18.7 Å². The molecule has 0 amide bonds. The van der Waals surface area contributed by atoms with Crippen LogP contribution in [0, 0.1) is 20.2 Å². The second-order valence-electron chi connectivity index (χ2n) is 5.65. The summed E-state index contributed by atoms with van der Waals surface area (Å²) in [5.41, 5.74) is 1.84. The molecule has 0 aliphatic rings. The van der Waals surface area contributed by atoms with Gasteiger partial charge in [-0.25, -0.2) is 0 Å². The number of nitro groups is 2. The van der Waals surface area contributed by atoms with Crippen LogP contribution in [-0.4, -0.2) is 16.4 Å². The van der Waals surface area contributed by atoms with E-state index in [2.05, 4.69) is 5.32 Å². The van der Waals surface area contributed by atoms with E-state index in [9.17, 15) is 20.2 Å². The summed E-state index contributed by atoms with van der Waals surface area (Å²) in [7, 11) is 0. The second-order valence-corrected chi connectivity index (χ2v) is 6.05. The summed E-state index contributed by atoms with van der Waals surface area (Å²) >= 11 is 5.48. The van der Waals surface area contributed by atoms with E-state index in [0.29, 0.717) is 12.2 Å². The van der Waals surface area contributed by atoms with Gasteiger partial charge in [-0.1, -0.05) is 66.2 Å². The van der Waals surface area contributed by atoms with Crippen molar-refractivity contribution in [2.75, 3.05) is 11.9 Å². The third-order valence-electron chi connectivity index (χ3n) is 3.72. The first-order valence-electron chi connectivity index (χ1n) is 8.39. The van der Waals surface area contributed by atoms with Gasteiger partial charge in [0.25, 0.3) is 11.4 Å². The Morgan fingerprint density at radius 3 is 1.86 bits per heavy atom. The molecule has 3 aromatic rings. The van der Waals surface area contributed by atoms with Crippen molar-refractivity contribution < 1.29 is 9.85 Å². The molecule has 0 unspecified atom stereocenters. The maximum Gasteiger partial charge on any atom is 0.292 e. The van der Waals surface area contributed by atoms with Crippen molar-refractivity contribution in [3.63, 3.8) is 0 Å². The highest BCUT2D eigenvalue weighted by atomic mass is 35.5. The lowest BCUT2D eigenvalue weighted by molar-refractivity contribution is -0.384. The maximum atomic E-state index is 10.8. The van der Waals surface area contributed by atoms with Gasteiger partial charge in [0.2, 0.25) is 0 Å². The number of hydrogen-bond acceptors (Lipinski definition) is 5. The van der Waals surface area contributed by atoms with Gasteiger partial charge < -0.3 is 5.32 Å². The molecule has 0 saturated carbocycles. The summed E-state index contributed by atoms with van der Waals surface area (Å²) in [5, 5.41) is 24.2. The van der Waals surface area contributed by atoms with Gasteiger partial charge >= 0.3 is 0 Å². The molecule has 28 heavy (non-hydrogen) atoms. The fourth-order valence-electron chi connectivity index (χ4n) is 2.37.